The van der Waals surface area contributed by atoms with E-state index in [4.69, 9.17) is 14.3 Å². The molecule has 2 unspecified atom stereocenters. The Bertz CT molecular complexity index is 2090. The molecular formula is C31H32N6O7S3. The predicted molar refractivity (Wildman–Crippen MR) is 176 cm³/mol. The third-order valence-corrected chi connectivity index (χ3v) is 11.9. The summed E-state index contributed by atoms with van der Waals surface area (Å²) < 4.78 is 65.0. The average Bonchev–Trinajstić information content (AvgIpc) is 3.71. The van der Waals surface area contributed by atoms with Crippen LogP contribution in [0.1, 0.15) is 44.9 Å². The highest BCUT2D eigenvalue weighted by atomic mass is 32.2. The molecule has 3 heterocycles. The fourth-order valence-electron chi connectivity index (χ4n) is 5.28. The van der Waals surface area contributed by atoms with E-state index in [1.54, 1.807) is 24.0 Å². The van der Waals surface area contributed by atoms with E-state index in [1.165, 1.54) is 11.3 Å². The number of nitrogens with zero attached hydrogens (tertiary/aromatic N) is 4. The largest absolute Gasteiger partial charge is 0.422 e. The van der Waals surface area contributed by atoms with Gasteiger partial charge in [-0.2, -0.15) is 13.1 Å². The standard InChI is InChI=1S/C31H32N6O7S3/c1-20(17-21-5-3-2-4-6-21)46(39,40)28(29-36-35-27(44-29)19-33-47(32,41)42)30-34-25-12-11-24(18-26(25)45-30)22-7-9-23(10-8-22)31(38)37-13-15-43-16-14-37/h2-12,18,20,28,33H,13-17,19H2,1H3,(H2,32,41,42). The van der Waals surface area contributed by atoms with Gasteiger partial charge in [0.1, 0.15) is 5.01 Å². The highest BCUT2D eigenvalue weighted by Gasteiger charge is 2.40. The van der Waals surface area contributed by atoms with Crippen molar-refractivity contribution in [2.24, 2.45) is 5.14 Å². The number of morpholine rings is 1. The number of nitrogens with two attached hydrogens (primary N) is 1. The highest BCUT2D eigenvalue weighted by molar-refractivity contribution is 7.92. The monoisotopic (exact) mass is 696 g/mol. The second-order valence-corrected chi connectivity index (χ2v) is 16.0. The molecule has 3 aromatic carbocycles. The molecule has 0 aliphatic carbocycles. The zero-order chi connectivity index (χ0) is 33.2. The second-order valence-electron chi connectivity index (χ2n) is 11.1. The van der Waals surface area contributed by atoms with Crippen LogP contribution in [0.3, 0.4) is 0 Å². The Balaban J connectivity index is 1.32. The van der Waals surface area contributed by atoms with Crippen LogP contribution >= 0.6 is 11.3 Å². The minimum Gasteiger partial charge on any atom is -0.422 e. The first-order chi connectivity index (χ1) is 22.5. The van der Waals surface area contributed by atoms with Crippen molar-refractivity contribution in [3.63, 3.8) is 0 Å². The number of fused-ring (bicyclic) bond motifs is 1. The lowest BCUT2D eigenvalue weighted by atomic mass is 10.0. The first-order valence-electron chi connectivity index (χ1n) is 14.7. The number of rotatable bonds is 11. The molecule has 6 rings (SSSR count). The van der Waals surface area contributed by atoms with Crippen molar-refractivity contribution in [2.45, 2.75) is 30.4 Å². The maximum Gasteiger partial charge on any atom is 0.274 e. The number of hydrogen-bond donors (Lipinski definition) is 2. The van der Waals surface area contributed by atoms with Crippen LogP contribution in [-0.2, 0) is 37.7 Å². The van der Waals surface area contributed by atoms with Gasteiger partial charge in [-0.25, -0.2) is 18.5 Å². The maximum atomic E-state index is 14.2. The van der Waals surface area contributed by atoms with Crippen molar-refractivity contribution in [1.29, 1.82) is 0 Å². The van der Waals surface area contributed by atoms with Crippen LogP contribution in [0, 0.1) is 0 Å². The summed E-state index contributed by atoms with van der Waals surface area (Å²) in [5.74, 6) is -0.416. The lowest BCUT2D eigenvalue weighted by Crippen LogP contribution is -2.40. The Morgan fingerprint density at radius 1 is 0.979 bits per heavy atom. The molecule has 0 radical (unpaired) electrons. The molecule has 1 aliphatic heterocycles. The summed E-state index contributed by atoms with van der Waals surface area (Å²) in [4.78, 5) is 19.3. The third-order valence-electron chi connectivity index (χ3n) is 7.78. The SMILES string of the molecule is CC(Cc1ccccc1)S(=O)(=O)C(c1nnc(CNS(N)(=O)=O)o1)c1nc2ccc(-c3ccc(C(=O)N4CCOCC4)cc3)cc2s1. The van der Waals surface area contributed by atoms with Crippen LogP contribution in [0.15, 0.2) is 77.2 Å². The zero-order valence-electron chi connectivity index (χ0n) is 25.3. The minimum atomic E-state index is -4.05. The quantitative estimate of drug-likeness (QED) is 0.208. The molecule has 47 heavy (non-hydrogen) atoms. The van der Waals surface area contributed by atoms with Crippen molar-refractivity contribution in [1.82, 2.24) is 24.8 Å². The molecule has 0 spiro atoms. The van der Waals surface area contributed by atoms with Crippen molar-refractivity contribution >= 4 is 47.5 Å². The fourth-order valence-corrected chi connectivity index (χ4v) is 8.73. The van der Waals surface area contributed by atoms with E-state index in [2.05, 4.69) is 19.9 Å². The molecule has 1 amide bonds. The van der Waals surface area contributed by atoms with E-state index < -0.39 is 37.1 Å². The second kappa shape index (κ2) is 13.6. The zero-order valence-corrected chi connectivity index (χ0v) is 27.7. The Kier molecular flexibility index (Phi) is 9.50. The number of carbonyl (C=O) groups is 1. The van der Waals surface area contributed by atoms with Crippen LogP contribution in [0.4, 0.5) is 0 Å². The van der Waals surface area contributed by atoms with E-state index >= 15 is 0 Å². The lowest BCUT2D eigenvalue weighted by molar-refractivity contribution is 0.0303. The van der Waals surface area contributed by atoms with Gasteiger partial charge in [-0.3, -0.25) is 4.79 Å². The van der Waals surface area contributed by atoms with E-state index in [0.717, 1.165) is 21.4 Å². The number of nitrogens with one attached hydrogen (secondary N) is 1. The van der Waals surface area contributed by atoms with E-state index in [9.17, 15) is 21.6 Å². The summed E-state index contributed by atoms with van der Waals surface area (Å²) in [6.45, 7) is 3.39. The molecule has 1 aliphatic rings. The molecule has 3 N–H and O–H groups in total. The van der Waals surface area contributed by atoms with Crippen molar-refractivity contribution in [3.05, 3.63) is 101 Å². The van der Waals surface area contributed by atoms with Crippen LogP contribution in [0.5, 0.6) is 0 Å². The van der Waals surface area contributed by atoms with Gasteiger partial charge in [0, 0.05) is 18.7 Å². The summed E-state index contributed by atoms with van der Waals surface area (Å²) >= 11 is 1.19. The number of sulfone groups is 1. The van der Waals surface area contributed by atoms with Gasteiger partial charge >= 0.3 is 0 Å². The van der Waals surface area contributed by atoms with E-state index in [-0.39, 0.29) is 29.1 Å². The van der Waals surface area contributed by atoms with Crippen LogP contribution in [0.25, 0.3) is 21.3 Å². The maximum absolute atomic E-state index is 14.2. The van der Waals surface area contributed by atoms with E-state index in [0.29, 0.717) is 37.4 Å². The molecule has 13 nitrogen and oxygen atoms in total. The number of ether oxygens (including phenoxy) is 1. The predicted octanol–water partition coefficient (Wildman–Crippen LogP) is 3.25. The molecule has 1 saturated heterocycles. The normalized spacial score (nSPS) is 15.5. The molecule has 0 bridgehead atoms. The molecule has 0 saturated carbocycles. The molecule has 5 aromatic rings. The van der Waals surface area contributed by atoms with Gasteiger partial charge in [0.15, 0.2) is 15.1 Å². The minimum absolute atomic E-state index is 0.0410. The van der Waals surface area contributed by atoms with Crippen molar-refractivity contribution in [3.8, 4) is 11.1 Å². The van der Waals surface area contributed by atoms with Gasteiger partial charge in [0.2, 0.25) is 11.8 Å². The van der Waals surface area contributed by atoms with Gasteiger partial charge in [0.05, 0.1) is 35.2 Å². The molecule has 2 aromatic heterocycles. The summed E-state index contributed by atoms with van der Waals surface area (Å²) in [6.07, 6.45) is 0.243. The number of benzene rings is 3. The van der Waals surface area contributed by atoms with Gasteiger partial charge < -0.3 is 14.1 Å². The summed E-state index contributed by atoms with van der Waals surface area (Å²) in [5, 5.41) is 10.9. The first kappa shape index (κ1) is 32.9. The molecule has 2 atom stereocenters. The summed E-state index contributed by atoms with van der Waals surface area (Å²) in [6, 6.07) is 22.2. The Hall–Kier alpha value is -4.06. The molecule has 246 valence electrons. The molecule has 1 fully saturated rings. The summed E-state index contributed by atoms with van der Waals surface area (Å²) in [5.41, 5.74) is 3.76. The van der Waals surface area contributed by atoms with Crippen molar-refractivity contribution < 1.29 is 30.8 Å². The van der Waals surface area contributed by atoms with Gasteiger partial charge in [-0.1, -0.05) is 48.5 Å². The first-order valence-corrected chi connectivity index (χ1v) is 18.7. The fraction of sp³-hybridized carbons (Fsp3) is 0.290. The Morgan fingerprint density at radius 2 is 1.68 bits per heavy atom. The van der Waals surface area contributed by atoms with Gasteiger partial charge in [-0.15, -0.1) is 21.5 Å². The lowest BCUT2D eigenvalue weighted by Gasteiger charge is -2.26. The number of carbonyl (C=O) groups excluding carboxylic acids is 1. The van der Waals surface area contributed by atoms with Crippen LogP contribution in [0.2, 0.25) is 0 Å². The molecular weight excluding hydrogens is 665 g/mol. The van der Waals surface area contributed by atoms with E-state index in [1.807, 2.05) is 60.7 Å². The topological polar surface area (TPSA) is 188 Å². The van der Waals surface area contributed by atoms with Crippen LogP contribution < -0.4 is 9.86 Å². The number of thiazole rings is 1. The average molecular weight is 697 g/mol. The highest BCUT2D eigenvalue weighted by Crippen LogP contribution is 2.39. The van der Waals surface area contributed by atoms with Crippen molar-refractivity contribution in [2.75, 3.05) is 26.3 Å². The smallest absolute Gasteiger partial charge is 0.274 e. The third kappa shape index (κ3) is 7.58. The molecule has 16 heteroatoms. The van der Waals surface area contributed by atoms with Gasteiger partial charge in [0.25, 0.3) is 16.1 Å². The van der Waals surface area contributed by atoms with Gasteiger partial charge in [-0.05, 0) is 54.3 Å². The number of hydrogen-bond acceptors (Lipinski definition) is 11. The number of aromatic nitrogens is 3. The number of amides is 1. The van der Waals surface area contributed by atoms with Crippen LogP contribution in [-0.4, -0.2) is 74.4 Å². The Morgan fingerprint density at radius 3 is 2.38 bits per heavy atom. The Labute approximate surface area is 275 Å². The summed E-state index contributed by atoms with van der Waals surface area (Å²) in [7, 11) is -8.07.